The van der Waals surface area contributed by atoms with E-state index in [0.717, 1.165) is 11.3 Å². The molecule has 0 saturated carbocycles. The molecule has 0 aliphatic rings. The van der Waals surface area contributed by atoms with E-state index in [0.29, 0.717) is 11.3 Å². The Morgan fingerprint density at radius 1 is 1.05 bits per heavy atom. The van der Waals surface area contributed by atoms with Crippen LogP contribution in [0.1, 0.15) is 12.5 Å². The van der Waals surface area contributed by atoms with Gasteiger partial charge in [0, 0.05) is 11.1 Å². The molecule has 0 aromatic heterocycles. The third kappa shape index (κ3) is 3.72. The van der Waals surface area contributed by atoms with Crippen LogP contribution in [0.25, 0.3) is 0 Å². The molecule has 20 heavy (non-hydrogen) atoms. The molecule has 0 radical (unpaired) electrons. The Labute approximate surface area is 118 Å². The summed E-state index contributed by atoms with van der Waals surface area (Å²) in [5.74, 6) is 1.01. The third-order valence-electron chi connectivity index (χ3n) is 2.65. The van der Waals surface area contributed by atoms with Crippen molar-refractivity contribution in [2.45, 2.75) is 13.5 Å². The lowest BCUT2D eigenvalue weighted by molar-refractivity contribution is -0.140. The maximum absolute atomic E-state index is 11.4. The minimum absolute atomic E-state index is 0.161. The number of hydrogen-bond donors (Lipinski definition) is 0. The lowest BCUT2D eigenvalue weighted by atomic mass is 10.2. The van der Waals surface area contributed by atoms with Crippen LogP contribution >= 0.6 is 0 Å². The highest BCUT2D eigenvalue weighted by Gasteiger charge is 2.08. The summed E-state index contributed by atoms with van der Waals surface area (Å²) in [6, 6.07) is 16.9. The summed E-state index contributed by atoms with van der Waals surface area (Å²) >= 11 is 0. The average Bonchev–Trinajstić information content (AvgIpc) is 2.47. The SMILES string of the molecule is C=C(C)C(=O)OCc1ccccc1Oc1ccccc1. The monoisotopic (exact) mass is 268 g/mol. The molecule has 3 nitrogen and oxygen atoms in total. The van der Waals surface area contributed by atoms with Gasteiger partial charge in [-0.1, -0.05) is 43.0 Å². The van der Waals surface area contributed by atoms with E-state index in [2.05, 4.69) is 6.58 Å². The Morgan fingerprint density at radius 2 is 1.70 bits per heavy atom. The van der Waals surface area contributed by atoms with E-state index >= 15 is 0 Å². The van der Waals surface area contributed by atoms with Gasteiger partial charge < -0.3 is 9.47 Å². The molecule has 0 unspecified atom stereocenters. The molecule has 0 fully saturated rings. The number of ether oxygens (including phenoxy) is 2. The topological polar surface area (TPSA) is 35.5 Å². The number of para-hydroxylation sites is 2. The van der Waals surface area contributed by atoms with Gasteiger partial charge in [0.2, 0.25) is 0 Å². The van der Waals surface area contributed by atoms with Crippen molar-refractivity contribution < 1.29 is 14.3 Å². The van der Waals surface area contributed by atoms with E-state index in [1.54, 1.807) is 6.92 Å². The summed E-state index contributed by atoms with van der Waals surface area (Å²) in [6.07, 6.45) is 0. The zero-order chi connectivity index (χ0) is 14.4. The number of carbonyl (C=O) groups excluding carboxylic acids is 1. The van der Waals surface area contributed by atoms with Crippen molar-refractivity contribution in [3.05, 3.63) is 72.3 Å². The van der Waals surface area contributed by atoms with E-state index in [9.17, 15) is 4.79 Å². The Kier molecular flexibility index (Phi) is 4.56. The zero-order valence-corrected chi connectivity index (χ0v) is 11.3. The fraction of sp³-hybridized carbons (Fsp3) is 0.118. The van der Waals surface area contributed by atoms with Crippen LogP contribution in [0.3, 0.4) is 0 Å². The summed E-state index contributed by atoms with van der Waals surface area (Å²) in [6.45, 7) is 5.33. The van der Waals surface area contributed by atoms with E-state index in [4.69, 9.17) is 9.47 Å². The molecular formula is C17H16O3. The molecule has 0 amide bonds. The second-order valence-electron chi connectivity index (χ2n) is 4.38. The molecule has 3 heteroatoms. The molecule has 0 bridgehead atoms. The van der Waals surface area contributed by atoms with Gasteiger partial charge in [-0.15, -0.1) is 0 Å². The van der Waals surface area contributed by atoms with Crippen molar-refractivity contribution in [1.29, 1.82) is 0 Å². The molecule has 0 N–H and O–H groups in total. The van der Waals surface area contributed by atoms with Gasteiger partial charge in [0.15, 0.2) is 0 Å². The second kappa shape index (κ2) is 6.57. The molecule has 0 heterocycles. The average molecular weight is 268 g/mol. The summed E-state index contributed by atoms with van der Waals surface area (Å²) < 4.78 is 10.9. The van der Waals surface area contributed by atoms with Gasteiger partial charge in [-0.25, -0.2) is 4.79 Å². The van der Waals surface area contributed by atoms with Crippen molar-refractivity contribution >= 4 is 5.97 Å². The van der Waals surface area contributed by atoms with Crippen molar-refractivity contribution in [2.24, 2.45) is 0 Å². The first kappa shape index (κ1) is 13.9. The normalized spacial score (nSPS) is 9.85. The smallest absolute Gasteiger partial charge is 0.333 e. The summed E-state index contributed by atoms with van der Waals surface area (Å²) in [5.41, 5.74) is 1.19. The molecule has 0 aliphatic heterocycles. The van der Waals surface area contributed by atoms with Crippen LogP contribution < -0.4 is 4.74 Å². The van der Waals surface area contributed by atoms with Crippen LogP contribution in [-0.4, -0.2) is 5.97 Å². The molecule has 0 spiro atoms. The van der Waals surface area contributed by atoms with E-state index in [1.165, 1.54) is 0 Å². The van der Waals surface area contributed by atoms with Gasteiger partial charge in [-0.2, -0.15) is 0 Å². The molecule has 102 valence electrons. The van der Waals surface area contributed by atoms with Crippen LogP contribution in [0.15, 0.2) is 66.7 Å². The van der Waals surface area contributed by atoms with E-state index in [1.807, 2.05) is 54.6 Å². The lowest BCUT2D eigenvalue weighted by Gasteiger charge is -2.11. The Morgan fingerprint density at radius 3 is 2.40 bits per heavy atom. The second-order valence-corrected chi connectivity index (χ2v) is 4.38. The summed E-state index contributed by atoms with van der Waals surface area (Å²) in [5, 5.41) is 0. The van der Waals surface area contributed by atoms with E-state index < -0.39 is 5.97 Å². The molecule has 0 atom stereocenters. The Hall–Kier alpha value is -2.55. The fourth-order valence-electron chi connectivity index (χ4n) is 1.60. The van der Waals surface area contributed by atoms with Crippen molar-refractivity contribution in [1.82, 2.24) is 0 Å². The predicted octanol–water partition coefficient (Wildman–Crippen LogP) is 4.10. The molecule has 0 aliphatic carbocycles. The molecule has 2 rings (SSSR count). The number of hydrogen-bond acceptors (Lipinski definition) is 3. The lowest BCUT2D eigenvalue weighted by Crippen LogP contribution is -2.05. The Bertz CT molecular complexity index is 603. The predicted molar refractivity (Wildman–Crippen MR) is 77.6 cm³/mol. The molecule has 2 aromatic rings. The van der Waals surface area contributed by atoms with Crippen LogP contribution in [0.2, 0.25) is 0 Å². The quantitative estimate of drug-likeness (QED) is 0.605. The van der Waals surface area contributed by atoms with Gasteiger partial charge in [-0.3, -0.25) is 0 Å². The van der Waals surface area contributed by atoms with Gasteiger partial charge in [0.05, 0.1) is 0 Å². The minimum Gasteiger partial charge on any atom is -0.457 e. The highest BCUT2D eigenvalue weighted by molar-refractivity contribution is 5.86. The maximum Gasteiger partial charge on any atom is 0.333 e. The molecular weight excluding hydrogens is 252 g/mol. The van der Waals surface area contributed by atoms with Gasteiger partial charge in [0.1, 0.15) is 18.1 Å². The standard InChI is InChI=1S/C17H16O3/c1-13(2)17(18)19-12-14-8-6-7-11-16(14)20-15-9-4-3-5-10-15/h3-11H,1,12H2,2H3. The first-order valence-electron chi connectivity index (χ1n) is 6.30. The highest BCUT2D eigenvalue weighted by atomic mass is 16.5. The van der Waals surface area contributed by atoms with Crippen LogP contribution in [0.5, 0.6) is 11.5 Å². The highest BCUT2D eigenvalue weighted by Crippen LogP contribution is 2.25. The van der Waals surface area contributed by atoms with Gasteiger partial charge in [-0.05, 0) is 25.1 Å². The van der Waals surface area contributed by atoms with Crippen molar-refractivity contribution in [3.8, 4) is 11.5 Å². The van der Waals surface area contributed by atoms with Gasteiger partial charge >= 0.3 is 5.97 Å². The number of rotatable bonds is 5. The van der Waals surface area contributed by atoms with Gasteiger partial charge in [0.25, 0.3) is 0 Å². The number of carbonyl (C=O) groups is 1. The van der Waals surface area contributed by atoms with Crippen molar-refractivity contribution in [3.63, 3.8) is 0 Å². The third-order valence-corrected chi connectivity index (χ3v) is 2.65. The number of esters is 1. The first-order chi connectivity index (χ1) is 9.66. The molecule has 2 aromatic carbocycles. The number of benzene rings is 2. The summed E-state index contributed by atoms with van der Waals surface area (Å²) in [7, 11) is 0. The fourth-order valence-corrected chi connectivity index (χ4v) is 1.60. The largest absolute Gasteiger partial charge is 0.457 e. The Balaban J connectivity index is 2.10. The van der Waals surface area contributed by atoms with Crippen molar-refractivity contribution in [2.75, 3.05) is 0 Å². The van der Waals surface area contributed by atoms with Crippen LogP contribution in [0, 0.1) is 0 Å². The molecule has 0 saturated heterocycles. The first-order valence-corrected chi connectivity index (χ1v) is 6.30. The van der Waals surface area contributed by atoms with Crippen LogP contribution in [-0.2, 0) is 16.1 Å². The summed E-state index contributed by atoms with van der Waals surface area (Å²) in [4.78, 5) is 11.4. The van der Waals surface area contributed by atoms with E-state index in [-0.39, 0.29) is 6.61 Å². The minimum atomic E-state index is -0.403. The van der Waals surface area contributed by atoms with Crippen LogP contribution in [0.4, 0.5) is 0 Å². The maximum atomic E-state index is 11.4. The zero-order valence-electron chi connectivity index (χ0n) is 11.3.